The van der Waals surface area contributed by atoms with Gasteiger partial charge in [-0.25, -0.2) is 9.98 Å². The summed E-state index contributed by atoms with van der Waals surface area (Å²) in [5.41, 5.74) is 3.08. The van der Waals surface area contributed by atoms with Crippen molar-refractivity contribution < 1.29 is 9.53 Å². The number of thiazole rings is 1. The maximum atomic E-state index is 11.4. The molecular weight excluding hydrogens is 374 g/mol. The van der Waals surface area contributed by atoms with E-state index in [4.69, 9.17) is 4.74 Å². The van der Waals surface area contributed by atoms with Crippen molar-refractivity contribution in [1.82, 2.24) is 15.6 Å². The van der Waals surface area contributed by atoms with Crippen molar-refractivity contribution in [2.45, 2.75) is 40.2 Å². The molecule has 0 radical (unpaired) electrons. The molecule has 0 fully saturated rings. The van der Waals surface area contributed by atoms with Gasteiger partial charge in [0.25, 0.3) is 0 Å². The summed E-state index contributed by atoms with van der Waals surface area (Å²) in [6, 6.07) is 5.79. The van der Waals surface area contributed by atoms with E-state index in [2.05, 4.69) is 32.9 Å². The molecule has 7 nitrogen and oxygen atoms in total. The lowest BCUT2D eigenvalue weighted by molar-refractivity contribution is -0.116. The highest BCUT2D eigenvalue weighted by Gasteiger charge is 2.15. The lowest BCUT2D eigenvalue weighted by Crippen LogP contribution is -2.39. The second kappa shape index (κ2) is 9.54. The third-order valence-electron chi connectivity index (χ3n) is 4.42. The third kappa shape index (κ3) is 5.45. The van der Waals surface area contributed by atoms with Gasteiger partial charge in [0.1, 0.15) is 17.4 Å². The second-order valence-electron chi connectivity index (χ2n) is 6.59. The fourth-order valence-electron chi connectivity index (χ4n) is 2.88. The van der Waals surface area contributed by atoms with Gasteiger partial charge in [-0.3, -0.25) is 4.79 Å². The number of aromatic nitrogens is 1. The molecule has 1 aliphatic heterocycles. The van der Waals surface area contributed by atoms with E-state index in [1.165, 1.54) is 4.88 Å². The van der Waals surface area contributed by atoms with Gasteiger partial charge in [-0.2, -0.15) is 0 Å². The summed E-state index contributed by atoms with van der Waals surface area (Å²) in [4.78, 5) is 21.8. The number of hydrogen-bond donors (Lipinski definition) is 3. The van der Waals surface area contributed by atoms with Crippen LogP contribution in [-0.4, -0.2) is 36.5 Å². The minimum absolute atomic E-state index is 0.0729. The van der Waals surface area contributed by atoms with Gasteiger partial charge < -0.3 is 20.7 Å². The second-order valence-corrected chi connectivity index (χ2v) is 7.87. The van der Waals surface area contributed by atoms with Gasteiger partial charge in [-0.1, -0.05) is 0 Å². The molecule has 2 aromatic rings. The van der Waals surface area contributed by atoms with Crippen LogP contribution in [-0.2, 0) is 17.8 Å². The Bertz CT molecular complexity index is 843. The molecule has 28 heavy (non-hydrogen) atoms. The minimum atomic E-state index is 0.0729. The first kappa shape index (κ1) is 20.1. The number of nitrogens with zero attached hydrogens (tertiary/aromatic N) is 2. The molecule has 0 saturated heterocycles. The number of fused-ring (bicyclic) bond motifs is 1. The summed E-state index contributed by atoms with van der Waals surface area (Å²) in [5.74, 6) is 1.64. The predicted molar refractivity (Wildman–Crippen MR) is 113 cm³/mol. The summed E-state index contributed by atoms with van der Waals surface area (Å²) in [7, 11) is 0. The van der Waals surface area contributed by atoms with Crippen LogP contribution in [0.4, 0.5) is 5.69 Å². The zero-order chi connectivity index (χ0) is 19.9. The van der Waals surface area contributed by atoms with E-state index >= 15 is 0 Å². The molecule has 1 aliphatic rings. The topological polar surface area (TPSA) is 87.6 Å². The summed E-state index contributed by atoms with van der Waals surface area (Å²) in [5, 5.41) is 10.4. The fourth-order valence-corrected chi connectivity index (χ4v) is 3.74. The third-order valence-corrected chi connectivity index (χ3v) is 5.48. The molecule has 3 rings (SSSR count). The molecule has 0 aliphatic carbocycles. The number of hydrogen-bond acceptors (Lipinski definition) is 5. The number of guanidine groups is 1. The van der Waals surface area contributed by atoms with E-state index in [0.717, 1.165) is 46.6 Å². The predicted octanol–water partition coefficient (Wildman–Crippen LogP) is 2.78. The number of carbonyl (C=O) groups excluding carboxylic acids is 1. The Hall–Kier alpha value is -2.61. The largest absolute Gasteiger partial charge is 0.492 e. The van der Waals surface area contributed by atoms with Crippen molar-refractivity contribution in [3.05, 3.63) is 39.3 Å². The van der Waals surface area contributed by atoms with E-state index in [1.807, 2.05) is 32.0 Å². The Morgan fingerprint density at radius 3 is 2.93 bits per heavy atom. The minimum Gasteiger partial charge on any atom is -0.492 e. The van der Waals surface area contributed by atoms with Crippen LogP contribution in [0.1, 0.15) is 34.5 Å². The van der Waals surface area contributed by atoms with E-state index < -0.39 is 0 Å². The number of aliphatic imine (C=N–C) groups is 1. The van der Waals surface area contributed by atoms with Crippen LogP contribution in [0.3, 0.4) is 0 Å². The Balaban J connectivity index is 1.48. The Kier molecular flexibility index (Phi) is 6.86. The average molecular weight is 402 g/mol. The van der Waals surface area contributed by atoms with E-state index in [1.54, 1.807) is 11.3 Å². The number of anilines is 1. The van der Waals surface area contributed by atoms with Crippen LogP contribution in [0, 0.1) is 13.8 Å². The lowest BCUT2D eigenvalue weighted by atomic mass is 10.0. The molecule has 1 aromatic heterocycles. The average Bonchev–Trinajstić information content (AvgIpc) is 3.00. The molecule has 8 heteroatoms. The van der Waals surface area contributed by atoms with Gasteiger partial charge in [0.15, 0.2) is 5.96 Å². The summed E-state index contributed by atoms with van der Waals surface area (Å²) < 4.78 is 5.84. The van der Waals surface area contributed by atoms with Crippen LogP contribution in [0.15, 0.2) is 23.2 Å². The number of rotatable bonds is 7. The molecule has 3 N–H and O–H groups in total. The maximum Gasteiger partial charge on any atom is 0.224 e. The van der Waals surface area contributed by atoms with Crippen LogP contribution in [0.5, 0.6) is 5.75 Å². The van der Waals surface area contributed by atoms with Crippen molar-refractivity contribution in [1.29, 1.82) is 0 Å². The summed E-state index contributed by atoms with van der Waals surface area (Å²) >= 11 is 1.69. The maximum absolute atomic E-state index is 11.4. The van der Waals surface area contributed by atoms with Crippen LogP contribution in [0.25, 0.3) is 0 Å². The molecule has 1 amide bonds. The van der Waals surface area contributed by atoms with Crippen molar-refractivity contribution >= 4 is 28.9 Å². The van der Waals surface area contributed by atoms with Crippen LogP contribution in [0.2, 0.25) is 0 Å². The van der Waals surface area contributed by atoms with Gasteiger partial charge in [-0.05, 0) is 51.0 Å². The standard InChI is InChI=1S/C20H27N5O2S/c1-4-21-20(23-12-19-24-13(2)14(3)28-19)22-9-10-27-16-6-7-17-15(11-16)5-8-18(26)25-17/h6-7,11H,4-5,8-10,12H2,1-3H3,(H,25,26)(H2,21,22,23). The first-order valence-corrected chi connectivity index (χ1v) is 10.4. The molecule has 150 valence electrons. The highest BCUT2D eigenvalue weighted by Crippen LogP contribution is 2.26. The lowest BCUT2D eigenvalue weighted by Gasteiger charge is -2.18. The van der Waals surface area contributed by atoms with E-state index in [9.17, 15) is 4.79 Å². The van der Waals surface area contributed by atoms with Gasteiger partial charge in [0.05, 0.1) is 18.8 Å². The summed E-state index contributed by atoms with van der Waals surface area (Å²) in [6.07, 6.45) is 1.28. The quantitative estimate of drug-likeness (QED) is 0.377. The highest BCUT2D eigenvalue weighted by molar-refractivity contribution is 7.11. The SMILES string of the molecule is CCNC(=NCc1nc(C)c(C)s1)NCCOc1ccc2c(c1)CCC(=O)N2. The zero-order valence-electron chi connectivity index (χ0n) is 16.6. The first-order valence-electron chi connectivity index (χ1n) is 9.56. The first-order chi connectivity index (χ1) is 13.5. The van der Waals surface area contributed by atoms with Crippen molar-refractivity contribution in [3.8, 4) is 5.75 Å². The van der Waals surface area contributed by atoms with Gasteiger partial charge in [0, 0.05) is 23.5 Å². The monoisotopic (exact) mass is 401 g/mol. The molecular formula is C20H27N5O2S. The van der Waals surface area contributed by atoms with Gasteiger partial charge >= 0.3 is 0 Å². The molecule has 0 saturated carbocycles. The molecule has 0 bridgehead atoms. The Morgan fingerprint density at radius 2 is 2.18 bits per heavy atom. The number of carbonyl (C=O) groups is 1. The molecule has 0 unspecified atom stereocenters. The van der Waals surface area contributed by atoms with Crippen LogP contribution >= 0.6 is 11.3 Å². The number of nitrogens with one attached hydrogen (secondary N) is 3. The van der Waals surface area contributed by atoms with E-state index in [-0.39, 0.29) is 5.91 Å². The Morgan fingerprint density at radius 1 is 1.32 bits per heavy atom. The molecule has 1 aromatic carbocycles. The zero-order valence-corrected chi connectivity index (χ0v) is 17.4. The van der Waals surface area contributed by atoms with Crippen molar-refractivity contribution in [2.24, 2.45) is 4.99 Å². The van der Waals surface area contributed by atoms with Gasteiger partial charge in [-0.15, -0.1) is 11.3 Å². The number of aryl methyl sites for hydroxylation is 3. The molecule has 2 heterocycles. The number of ether oxygens (including phenoxy) is 1. The van der Waals surface area contributed by atoms with Crippen molar-refractivity contribution in [3.63, 3.8) is 0 Å². The highest BCUT2D eigenvalue weighted by atomic mass is 32.1. The number of amides is 1. The summed E-state index contributed by atoms with van der Waals surface area (Å²) in [6.45, 7) is 8.65. The molecule has 0 spiro atoms. The van der Waals surface area contributed by atoms with Crippen LogP contribution < -0.4 is 20.7 Å². The number of benzene rings is 1. The Labute approximate surface area is 169 Å². The normalized spacial score (nSPS) is 13.7. The smallest absolute Gasteiger partial charge is 0.224 e. The molecule has 0 atom stereocenters. The van der Waals surface area contributed by atoms with Gasteiger partial charge in [0.2, 0.25) is 5.91 Å². The van der Waals surface area contributed by atoms with Crippen molar-refractivity contribution in [2.75, 3.05) is 25.0 Å². The fraction of sp³-hybridized carbons (Fsp3) is 0.450. The van der Waals surface area contributed by atoms with E-state index in [0.29, 0.717) is 26.1 Å².